The molecule has 98 valence electrons. The molecule has 1 fully saturated rings. The van der Waals surface area contributed by atoms with E-state index in [4.69, 9.17) is 15.7 Å². The summed E-state index contributed by atoms with van der Waals surface area (Å²) in [6.45, 7) is 2.21. The smallest absolute Gasteiger partial charge is 0.407 e. The lowest BCUT2D eigenvalue weighted by Crippen LogP contribution is -2.33. The highest BCUT2D eigenvalue weighted by molar-refractivity contribution is 5.65. The van der Waals surface area contributed by atoms with E-state index in [1.807, 2.05) is 6.92 Å². The van der Waals surface area contributed by atoms with Crippen molar-refractivity contribution < 1.29 is 14.6 Å². The molecule has 0 unspecified atom stereocenters. The number of hydrazine groups is 1. The van der Waals surface area contributed by atoms with Gasteiger partial charge in [0.15, 0.2) is 5.75 Å². The van der Waals surface area contributed by atoms with Gasteiger partial charge in [0.1, 0.15) is 6.10 Å². The fraction of sp³-hybridized carbons (Fsp3) is 0.500. The van der Waals surface area contributed by atoms with Crippen LogP contribution in [0, 0.1) is 0 Å². The highest BCUT2D eigenvalue weighted by atomic mass is 16.5. The maximum atomic E-state index is 10.9. The number of rotatable bonds is 3. The third-order valence-corrected chi connectivity index (χ3v) is 2.84. The number of nitrogens with zero attached hydrogens (tertiary/aromatic N) is 3. The molecular weight excluding hydrogens is 238 g/mol. The van der Waals surface area contributed by atoms with E-state index in [0.717, 1.165) is 0 Å². The molecular formula is C10H15N5O3. The van der Waals surface area contributed by atoms with Crippen LogP contribution in [-0.2, 0) is 0 Å². The van der Waals surface area contributed by atoms with Crippen molar-refractivity contribution in [1.29, 1.82) is 0 Å². The predicted molar refractivity (Wildman–Crippen MR) is 63.1 cm³/mol. The van der Waals surface area contributed by atoms with E-state index in [2.05, 4.69) is 15.4 Å². The summed E-state index contributed by atoms with van der Waals surface area (Å²) >= 11 is 0. The first-order valence-corrected chi connectivity index (χ1v) is 5.55. The van der Waals surface area contributed by atoms with Crippen LogP contribution in [0.25, 0.3) is 0 Å². The van der Waals surface area contributed by atoms with Crippen molar-refractivity contribution in [2.24, 2.45) is 5.84 Å². The van der Waals surface area contributed by atoms with Crippen molar-refractivity contribution in [2.45, 2.75) is 25.5 Å². The molecule has 0 aromatic carbocycles. The predicted octanol–water partition coefficient (Wildman–Crippen LogP) is 0.282. The number of likely N-dealkylation sites (tertiary alicyclic amines) is 1. The van der Waals surface area contributed by atoms with Gasteiger partial charge in [0.05, 0.1) is 18.9 Å². The van der Waals surface area contributed by atoms with Gasteiger partial charge < -0.3 is 14.7 Å². The van der Waals surface area contributed by atoms with Gasteiger partial charge in [-0.3, -0.25) is 5.43 Å². The largest absolute Gasteiger partial charge is 0.485 e. The Balaban J connectivity index is 1.96. The van der Waals surface area contributed by atoms with Crippen LogP contribution in [0.2, 0.25) is 0 Å². The second-order valence-corrected chi connectivity index (χ2v) is 4.15. The Hall–Kier alpha value is -2.09. The summed E-state index contributed by atoms with van der Waals surface area (Å²) < 4.78 is 5.63. The number of hydrogen-bond acceptors (Lipinski definition) is 6. The molecule has 0 aliphatic carbocycles. The van der Waals surface area contributed by atoms with Gasteiger partial charge in [-0.15, -0.1) is 0 Å². The van der Waals surface area contributed by atoms with E-state index in [-0.39, 0.29) is 12.1 Å². The van der Waals surface area contributed by atoms with Crippen LogP contribution < -0.4 is 16.0 Å². The Morgan fingerprint density at radius 1 is 1.61 bits per heavy atom. The first kappa shape index (κ1) is 12.4. The number of nitrogen functional groups attached to an aromatic ring is 1. The summed E-state index contributed by atoms with van der Waals surface area (Å²) in [4.78, 5) is 20.1. The summed E-state index contributed by atoms with van der Waals surface area (Å²) in [5.74, 6) is 5.94. The molecule has 18 heavy (non-hydrogen) atoms. The third kappa shape index (κ3) is 2.59. The lowest BCUT2D eigenvalue weighted by molar-refractivity contribution is 0.136. The average Bonchev–Trinajstić information content (AvgIpc) is 2.71. The molecule has 2 heterocycles. The number of nitrogens with two attached hydrogens (primary N) is 1. The number of amides is 1. The van der Waals surface area contributed by atoms with E-state index in [1.165, 1.54) is 17.3 Å². The molecule has 1 aliphatic heterocycles. The fourth-order valence-corrected chi connectivity index (χ4v) is 1.98. The minimum absolute atomic E-state index is 0.0431. The minimum atomic E-state index is -0.924. The van der Waals surface area contributed by atoms with E-state index in [0.29, 0.717) is 24.7 Å². The molecule has 8 heteroatoms. The number of aromatic nitrogens is 2. The van der Waals surface area contributed by atoms with Crippen molar-refractivity contribution in [3.8, 4) is 5.75 Å². The van der Waals surface area contributed by atoms with Crippen LogP contribution >= 0.6 is 0 Å². The Morgan fingerprint density at radius 3 is 2.78 bits per heavy atom. The Kier molecular flexibility index (Phi) is 3.47. The third-order valence-electron chi connectivity index (χ3n) is 2.84. The second-order valence-electron chi connectivity index (χ2n) is 4.15. The Morgan fingerprint density at radius 2 is 2.28 bits per heavy atom. The number of hydrogen-bond donors (Lipinski definition) is 3. The zero-order valence-corrected chi connectivity index (χ0v) is 9.91. The van der Waals surface area contributed by atoms with Crippen LogP contribution in [0.3, 0.4) is 0 Å². The zero-order valence-electron chi connectivity index (χ0n) is 9.91. The quantitative estimate of drug-likeness (QED) is 0.523. The molecule has 8 nitrogen and oxygen atoms in total. The van der Waals surface area contributed by atoms with Crippen LogP contribution in [0.15, 0.2) is 12.4 Å². The SMILES string of the molecule is C[C@H]1C[C@@H](Oc2cnc(NN)nc2)CN1C(=O)O. The molecule has 1 amide bonds. The van der Waals surface area contributed by atoms with Gasteiger partial charge in [-0.05, 0) is 6.92 Å². The van der Waals surface area contributed by atoms with Crippen LogP contribution in [-0.4, -0.2) is 44.8 Å². The van der Waals surface area contributed by atoms with Gasteiger partial charge in [-0.2, -0.15) is 0 Å². The number of ether oxygens (including phenoxy) is 1. The maximum Gasteiger partial charge on any atom is 0.407 e. The summed E-state index contributed by atoms with van der Waals surface area (Å²) in [5, 5.41) is 8.96. The van der Waals surface area contributed by atoms with Crippen LogP contribution in [0.4, 0.5) is 10.7 Å². The molecule has 1 aliphatic rings. The van der Waals surface area contributed by atoms with E-state index in [1.54, 1.807) is 0 Å². The number of carbonyl (C=O) groups is 1. The monoisotopic (exact) mass is 253 g/mol. The van der Waals surface area contributed by atoms with Crippen molar-refractivity contribution in [3.63, 3.8) is 0 Å². The summed E-state index contributed by atoms with van der Waals surface area (Å²) in [6, 6.07) is -0.0431. The molecule has 0 saturated carbocycles. The van der Waals surface area contributed by atoms with Gasteiger partial charge in [0, 0.05) is 12.5 Å². The lowest BCUT2D eigenvalue weighted by Gasteiger charge is -2.16. The maximum absolute atomic E-state index is 10.9. The lowest BCUT2D eigenvalue weighted by atomic mass is 10.2. The summed E-state index contributed by atoms with van der Waals surface area (Å²) in [6.07, 6.45) is 2.55. The number of anilines is 1. The highest BCUT2D eigenvalue weighted by Gasteiger charge is 2.33. The first-order chi connectivity index (χ1) is 8.60. The van der Waals surface area contributed by atoms with Gasteiger partial charge in [-0.25, -0.2) is 20.6 Å². The van der Waals surface area contributed by atoms with E-state index < -0.39 is 6.09 Å². The Labute approximate surface area is 104 Å². The molecule has 1 aromatic rings. The molecule has 1 aromatic heterocycles. The summed E-state index contributed by atoms with van der Waals surface area (Å²) in [7, 11) is 0. The van der Waals surface area contributed by atoms with Gasteiger partial charge >= 0.3 is 6.09 Å². The fourth-order valence-electron chi connectivity index (χ4n) is 1.98. The topological polar surface area (TPSA) is 114 Å². The van der Waals surface area contributed by atoms with E-state index in [9.17, 15) is 4.79 Å². The highest BCUT2D eigenvalue weighted by Crippen LogP contribution is 2.22. The molecule has 4 N–H and O–H groups in total. The average molecular weight is 253 g/mol. The number of carboxylic acid groups (broad SMARTS) is 1. The van der Waals surface area contributed by atoms with Crippen molar-refractivity contribution in [1.82, 2.24) is 14.9 Å². The van der Waals surface area contributed by atoms with Crippen molar-refractivity contribution >= 4 is 12.0 Å². The molecule has 2 atom stereocenters. The standard InChI is InChI=1S/C10H15N5O3/c1-6-2-7(5-15(6)10(16)17)18-8-3-12-9(14-11)13-4-8/h3-4,6-7H,2,5,11H2,1H3,(H,16,17)(H,12,13,14)/t6-,7+/m0/s1. The molecule has 2 rings (SSSR count). The molecule has 1 saturated heterocycles. The Bertz CT molecular complexity index is 424. The van der Waals surface area contributed by atoms with Crippen molar-refractivity contribution in [3.05, 3.63) is 12.4 Å². The normalized spacial score (nSPS) is 22.9. The first-order valence-electron chi connectivity index (χ1n) is 5.55. The van der Waals surface area contributed by atoms with Gasteiger partial charge in [0.2, 0.25) is 5.95 Å². The molecule has 0 radical (unpaired) electrons. The zero-order chi connectivity index (χ0) is 13.1. The van der Waals surface area contributed by atoms with Gasteiger partial charge in [-0.1, -0.05) is 0 Å². The van der Waals surface area contributed by atoms with Crippen LogP contribution in [0.1, 0.15) is 13.3 Å². The van der Waals surface area contributed by atoms with Crippen molar-refractivity contribution in [2.75, 3.05) is 12.0 Å². The van der Waals surface area contributed by atoms with Crippen LogP contribution in [0.5, 0.6) is 5.75 Å². The minimum Gasteiger partial charge on any atom is -0.485 e. The molecule has 0 spiro atoms. The number of nitrogens with one attached hydrogen (secondary N) is 1. The second kappa shape index (κ2) is 5.05. The molecule has 0 bridgehead atoms. The summed E-state index contributed by atoms with van der Waals surface area (Å²) in [5.41, 5.74) is 2.31. The van der Waals surface area contributed by atoms with E-state index >= 15 is 0 Å². The van der Waals surface area contributed by atoms with Gasteiger partial charge in [0.25, 0.3) is 0 Å².